The lowest BCUT2D eigenvalue weighted by atomic mass is 10.5. The summed E-state index contributed by atoms with van der Waals surface area (Å²) in [4.78, 5) is 1.16. The molecule has 0 aromatic carbocycles. The third kappa shape index (κ3) is 4.46. The Morgan fingerprint density at radius 2 is 0.652 bits per heavy atom. The quantitative estimate of drug-likeness (QED) is 0.606. The first-order valence-electron chi connectivity index (χ1n) is 4.38. The van der Waals surface area contributed by atoms with Crippen molar-refractivity contribution in [1.82, 2.24) is 0 Å². The molecule has 0 aromatic heterocycles. The Morgan fingerprint density at radius 1 is 0.391 bits per heavy atom. The molecule has 17 heteroatoms. The first-order chi connectivity index (χ1) is 9.72. The lowest BCUT2D eigenvalue weighted by Gasteiger charge is -2.32. The normalized spacial score (nSPS) is 15.9. The molecule has 0 amide bonds. The standard InChI is InChI=1S/C6F14O3/c7-1(8,9)2(10,11)21-3(12,13)4(14,15)22-5(16,17)6(18,19)23-20. The summed E-state index contributed by atoms with van der Waals surface area (Å²) in [5.41, 5.74) is 0. The molecular formula is C6F14O3. The molecule has 140 valence electrons. The number of hydrogen-bond donors (Lipinski definition) is 0. The first kappa shape index (κ1) is 21.9. The summed E-state index contributed by atoms with van der Waals surface area (Å²) >= 11 is 0. The maximum atomic E-state index is 12.5. The zero-order valence-electron chi connectivity index (χ0n) is 9.52. The fourth-order valence-electron chi connectivity index (χ4n) is 0.603. The Morgan fingerprint density at radius 3 is 0.913 bits per heavy atom. The molecule has 0 saturated heterocycles. The van der Waals surface area contributed by atoms with E-state index < -0.39 is 36.7 Å². The Balaban J connectivity index is 5.49. The van der Waals surface area contributed by atoms with Crippen molar-refractivity contribution in [2.75, 3.05) is 0 Å². The topological polar surface area (TPSA) is 27.7 Å². The minimum Gasteiger partial charge on any atom is -0.241 e. The Hall–Kier alpha value is -1.10. The SMILES string of the molecule is FOC(F)(F)C(F)(F)OC(F)(F)C(F)(F)OC(F)(F)C(F)(F)F. The fraction of sp³-hybridized carbons (Fsp3) is 1.00. The smallest absolute Gasteiger partial charge is 0.241 e. The molecule has 0 N–H and O–H groups in total. The van der Waals surface area contributed by atoms with Crippen molar-refractivity contribution < 1.29 is 76.0 Å². The molecule has 0 atom stereocenters. The van der Waals surface area contributed by atoms with Gasteiger partial charge in [-0.15, -0.1) is 4.94 Å². The fourth-order valence-corrected chi connectivity index (χ4v) is 0.603. The van der Waals surface area contributed by atoms with Crippen LogP contribution >= 0.6 is 0 Å². The van der Waals surface area contributed by atoms with Crippen LogP contribution in [0.15, 0.2) is 0 Å². The zero-order valence-corrected chi connectivity index (χ0v) is 9.52. The van der Waals surface area contributed by atoms with Gasteiger partial charge >= 0.3 is 36.7 Å². The Labute approximate surface area is 114 Å². The van der Waals surface area contributed by atoms with E-state index in [2.05, 4.69) is 0 Å². The number of halogens is 14. The predicted octanol–water partition coefficient (Wildman–Crippen LogP) is 4.45. The van der Waals surface area contributed by atoms with Crippen LogP contribution in [0.1, 0.15) is 0 Å². The lowest BCUT2D eigenvalue weighted by Crippen LogP contribution is -2.57. The van der Waals surface area contributed by atoms with Gasteiger partial charge in [0.05, 0.1) is 0 Å². The molecule has 0 fully saturated rings. The summed E-state index contributed by atoms with van der Waals surface area (Å²) in [5, 5.41) is 0. The maximum absolute atomic E-state index is 12.5. The molecule has 0 spiro atoms. The Kier molecular flexibility index (Phi) is 5.49. The van der Waals surface area contributed by atoms with E-state index in [-0.39, 0.29) is 0 Å². The molecule has 23 heavy (non-hydrogen) atoms. The monoisotopic (exact) mass is 386 g/mol. The largest absolute Gasteiger partial charge is 0.483 e. The van der Waals surface area contributed by atoms with Gasteiger partial charge in [-0.2, -0.15) is 57.1 Å². The van der Waals surface area contributed by atoms with E-state index in [1.807, 2.05) is 0 Å². The molecule has 0 bridgehead atoms. The van der Waals surface area contributed by atoms with E-state index in [1.54, 1.807) is 0 Å². The van der Waals surface area contributed by atoms with Gasteiger partial charge in [0.25, 0.3) is 0 Å². The minimum atomic E-state index is -7.21. The summed E-state index contributed by atoms with van der Waals surface area (Å²) in [6, 6.07) is 0. The van der Waals surface area contributed by atoms with Crippen LogP contribution in [-0.2, 0) is 14.4 Å². The van der Waals surface area contributed by atoms with Crippen molar-refractivity contribution in [3.8, 4) is 0 Å². The molecular weight excluding hydrogens is 386 g/mol. The van der Waals surface area contributed by atoms with Crippen LogP contribution in [-0.4, -0.2) is 36.7 Å². The van der Waals surface area contributed by atoms with E-state index in [0.29, 0.717) is 0 Å². The lowest BCUT2D eigenvalue weighted by molar-refractivity contribution is -0.568. The van der Waals surface area contributed by atoms with E-state index >= 15 is 0 Å². The zero-order chi connectivity index (χ0) is 19.1. The van der Waals surface area contributed by atoms with Gasteiger partial charge in [-0.1, -0.05) is 0 Å². The second-order valence-electron chi connectivity index (χ2n) is 3.36. The Bertz CT molecular complexity index is 413. The van der Waals surface area contributed by atoms with Gasteiger partial charge in [-0.3, -0.25) is 0 Å². The van der Waals surface area contributed by atoms with Crippen molar-refractivity contribution in [2.45, 2.75) is 36.7 Å². The predicted molar refractivity (Wildman–Crippen MR) is 35.2 cm³/mol. The molecule has 0 unspecified atom stereocenters. The summed E-state index contributed by atoms with van der Waals surface area (Å²) in [6.07, 6.45) is -42.0. The maximum Gasteiger partial charge on any atom is 0.483 e. The highest BCUT2D eigenvalue weighted by molar-refractivity contribution is 4.77. The van der Waals surface area contributed by atoms with Gasteiger partial charge in [0.1, 0.15) is 0 Å². The van der Waals surface area contributed by atoms with E-state index in [1.165, 1.54) is 9.47 Å². The van der Waals surface area contributed by atoms with Crippen molar-refractivity contribution >= 4 is 0 Å². The van der Waals surface area contributed by atoms with E-state index in [9.17, 15) is 61.6 Å². The molecule has 0 aliphatic heterocycles. The van der Waals surface area contributed by atoms with Crippen molar-refractivity contribution in [3.05, 3.63) is 0 Å². The third-order valence-corrected chi connectivity index (χ3v) is 1.62. The number of alkyl halides is 13. The van der Waals surface area contributed by atoms with Crippen LogP contribution in [0.3, 0.4) is 0 Å². The molecule has 0 aliphatic carbocycles. The summed E-state index contributed by atoms with van der Waals surface area (Å²) in [5.74, 6) is 0. The highest BCUT2D eigenvalue weighted by Gasteiger charge is 2.75. The second kappa shape index (κ2) is 5.76. The molecule has 0 rings (SSSR count). The van der Waals surface area contributed by atoms with Crippen molar-refractivity contribution in [2.24, 2.45) is 0 Å². The third-order valence-electron chi connectivity index (χ3n) is 1.62. The van der Waals surface area contributed by atoms with Gasteiger partial charge < -0.3 is 0 Å². The second-order valence-corrected chi connectivity index (χ2v) is 3.36. The molecule has 3 nitrogen and oxygen atoms in total. The van der Waals surface area contributed by atoms with Crippen LogP contribution in [0.2, 0.25) is 0 Å². The van der Waals surface area contributed by atoms with Crippen LogP contribution in [0, 0.1) is 0 Å². The molecule has 0 aliphatic rings. The average molecular weight is 386 g/mol. The molecule has 0 aromatic rings. The van der Waals surface area contributed by atoms with Gasteiger partial charge in [0.2, 0.25) is 0 Å². The number of rotatable bonds is 7. The van der Waals surface area contributed by atoms with E-state index in [4.69, 9.17) is 0 Å². The van der Waals surface area contributed by atoms with Crippen LogP contribution < -0.4 is 0 Å². The van der Waals surface area contributed by atoms with Crippen LogP contribution in [0.4, 0.5) is 61.6 Å². The average Bonchev–Trinajstić information content (AvgIpc) is 2.23. The minimum absolute atomic E-state index is 1.16. The molecule has 0 saturated carbocycles. The molecule has 0 radical (unpaired) electrons. The number of ether oxygens (including phenoxy) is 2. The highest BCUT2D eigenvalue weighted by Crippen LogP contribution is 2.49. The van der Waals surface area contributed by atoms with Gasteiger partial charge in [0, 0.05) is 0 Å². The van der Waals surface area contributed by atoms with Crippen LogP contribution in [0.5, 0.6) is 0 Å². The molecule has 0 heterocycles. The van der Waals surface area contributed by atoms with Gasteiger partial charge in [-0.25, -0.2) is 9.47 Å². The first-order valence-corrected chi connectivity index (χ1v) is 4.38. The highest BCUT2D eigenvalue weighted by atomic mass is 19.4. The number of hydrogen-bond acceptors (Lipinski definition) is 3. The van der Waals surface area contributed by atoms with Crippen molar-refractivity contribution in [1.29, 1.82) is 0 Å². The van der Waals surface area contributed by atoms with Crippen molar-refractivity contribution in [3.63, 3.8) is 0 Å². The van der Waals surface area contributed by atoms with Gasteiger partial charge in [-0.05, 0) is 4.53 Å². The van der Waals surface area contributed by atoms with Crippen LogP contribution in [0.25, 0.3) is 0 Å². The van der Waals surface area contributed by atoms with E-state index in [0.717, 1.165) is 4.94 Å². The summed E-state index contributed by atoms with van der Waals surface area (Å²) in [6.45, 7) is 0. The summed E-state index contributed by atoms with van der Waals surface area (Å²) in [7, 11) is 0. The van der Waals surface area contributed by atoms with Gasteiger partial charge in [0.15, 0.2) is 0 Å². The summed E-state index contributed by atoms with van der Waals surface area (Å²) < 4.78 is 171.